The van der Waals surface area contributed by atoms with Crippen molar-refractivity contribution < 1.29 is 9.90 Å². The van der Waals surface area contributed by atoms with E-state index in [0.29, 0.717) is 12.3 Å². The Balaban J connectivity index is 4.02. The average Bonchev–Trinajstić information content (AvgIpc) is 2.13. The van der Waals surface area contributed by atoms with Crippen molar-refractivity contribution in [1.82, 2.24) is 0 Å². The van der Waals surface area contributed by atoms with Crippen LogP contribution in [-0.4, -0.2) is 10.9 Å². The Morgan fingerprint density at radius 2 is 1.93 bits per heavy atom. The molecule has 0 bridgehead atoms. The first-order valence-corrected chi connectivity index (χ1v) is 5.40. The number of carbonyl (C=O) groups excluding carboxylic acids is 1. The van der Waals surface area contributed by atoms with Crippen molar-refractivity contribution >= 4 is 5.78 Å². The highest BCUT2D eigenvalue weighted by molar-refractivity contribution is 5.89. The van der Waals surface area contributed by atoms with Gasteiger partial charge < -0.3 is 5.11 Å². The third-order valence-corrected chi connectivity index (χ3v) is 2.39. The van der Waals surface area contributed by atoms with Crippen molar-refractivity contribution in [2.24, 2.45) is 11.8 Å². The van der Waals surface area contributed by atoms with E-state index in [9.17, 15) is 9.90 Å². The largest absolute Gasteiger partial charge is 0.512 e. The van der Waals surface area contributed by atoms with Crippen molar-refractivity contribution in [3.8, 4) is 0 Å². The number of aliphatic hydroxyl groups is 1. The molecule has 0 heterocycles. The molecule has 1 N–H and O–H groups in total. The standard InChI is InChI=1S/C12H22O2/c1-5-10(4)12(14)8-11(13)7-6-9(2)3/h8-10,14H,5-7H2,1-4H3. The van der Waals surface area contributed by atoms with Crippen LogP contribution < -0.4 is 0 Å². The Hall–Kier alpha value is -0.790. The fraction of sp³-hybridized carbons (Fsp3) is 0.750. The van der Waals surface area contributed by atoms with Gasteiger partial charge in [-0.15, -0.1) is 0 Å². The summed E-state index contributed by atoms with van der Waals surface area (Å²) in [4.78, 5) is 11.3. The second-order valence-corrected chi connectivity index (χ2v) is 4.28. The van der Waals surface area contributed by atoms with Gasteiger partial charge in [0.1, 0.15) is 0 Å². The number of carbonyl (C=O) groups is 1. The molecule has 0 amide bonds. The van der Waals surface area contributed by atoms with Gasteiger partial charge in [-0.2, -0.15) is 0 Å². The summed E-state index contributed by atoms with van der Waals surface area (Å²) >= 11 is 0. The van der Waals surface area contributed by atoms with E-state index in [1.54, 1.807) is 0 Å². The number of hydrogen-bond donors (Lipinski definition) is 1. The Labute approximate surface area is 87.0 Å². The Bertz CT molecular complexity index is 204. The third kappa shape index (κ3) is 5.79. The summed E-state index contributed by atoms with van der Waals surface area (Å²) in [5.41, 5.74) is 0. The van der Waals surface area contributed by atoms with Gasteiger partial charge in [0.05, 0.1) is 5.76 Å². The van der Waals surface area contributed by atoms with E-state index in [4.69, 9.17) is 0 Å². The molecule has 0 rings (SSSR count). The van der Waals surface area contributed by atoms with Gasteiger partial charge in [0.25, 0.3) is 0 Å². The fourth-order valence-electron chi connectivity index (χ4n) is 1.02. The molecular formula is C12H22O2. The van der Waals surface area contributed by atoms with Crippen LogP contribution in [0.1, 0.15) is 47.0 Å². The van der Waals surface area contributed by atoms with Crippen LogP contribution in [0.25, 0.3) is 0 Å². The maximum atomic E-state index is 11.3. The average molecular weight is 198 g/mol. The molecule has 0 aromatic carbocycles. The zero-order valence-electron chi connectivity index (χ0n) is 9.71. The predicted molar refractivity (Wildman–Crippen MR) is 59.2 cm³/mol. The highest BCUT2D eigenvalue weighted by Gasteiger charge is 2.07. The van der Waals surface area contributed by atoms with Crippen LogP contribution in [0.4, 0.5) is 0 Å². The lowest BCUT2D eigenvalue weighted by molar-refractivity contribution is -0.115. The molecular weight excluding hydrogens is 176 g/mol. The highest BCUT2D eigenvalue weighted by atomic mass is 16.3. The van der Waals surface area contributed by atoms with Crippen molar-refractivity contribution in [1.29, 1.82) is 0 Å². The summed E-state index contributed by atoms with van der Waals surface area (Å²) in [6.45, 7) is 8.09. The molecule has 0 saturated carbocycles. The van der Waals surface area contributed by atoms with Crippen LogP contribution in [0.15, 0.2) is 11.8 Å². The zero-order chi connectivity index (χ0) is 11.1. The molecule has 1 atom stereocenters. The molecule has 2 nitrogen and oxygen atoms in total. The molecule has 14 heavy (non-hydrogen) atoms. The molecule has 0 spiro atoms. The Kier molecular flexibility index (Phi) is 6.26. The summed E-state index contributed by atoms with van der Waals surface area (Å²) in [7, 11) is 0. The van der Waals surface area contributed by atoms with E-state index in [2.05, 4.69) is 13.8 Å². The molecule has 0 fully saturated rings. The number of allylic oxidation sites excluding steroid dienone is 2. The highest BCUT2D eigenvalue weighted by Crippen LogP contribution is 2.12. The number of ketones is 1. The normalized spacial score (nSPS) is 14.5. The van der Waals surface area contributed by atoms with Gasteiger partial charge in [0.2, 0.25) is 0 Å². The lowest BCUT2D eigenvalue weighted by Gasteiger charge is -2.07. The third-order valence-electron chi connectivity index (χ3n) is 2.39. The van der Waals surface area contributed by atoms with Crippen molar-refractivity contribution in [2.75, 3.05) is 0 Å². The summed E-state index contributed by atoms with van der Waals surface area (Å²) in [5.74, 6) is 0.897. The monoisotopic (exact) mass is 198 g/mol. The fourth-order valence-corrected chi connectivity index (χ4v) is 1.02. The molecule has 2 heteroatoms. The number of hydrogen-bond acceptors (Lipinski definition) is 2. The van der Waals surface area contributed by atoms with Gasteiger partial charge in [0, 0.05) is 18.4 Å². The summed E-state index contributed by atoms with van der Waals surface area (Å²) in [5, 5.41) is 9.49. The lowest BCUT2D eigenvalue weighted by Crippen LogP contribution is -2.02. The van der Waals surface area contributed by atoms with E-state index in [-0.39, 0.29) is 17.5 Å². The van der Waals surface area contributed by atoms with Crippen LogP contribution in [0.2, 0.25) is 0 Å². The van der Waals surface area contributed by atoms with Crippen LogP contribution >= 0.6 is 0 Å². The minimum absolute atomic E-state index is 0.0384. The Morgan fingerprint density at radius 1 is 1.36 bits per heavy atom. The van der Waals surface area contributed by atoms with Gasteiger partial charge in [-0.3, -0.25) is 4.79 Å². The summed E-state index contributed by atoms with van der Waals surface area (Å²) in [6, 6.07) is 0. The van der Waals surface area contributed by atoms with Crippen LogP contribution in [0.3, 0.4) is 0 Å². The first-order chi connectivity index (χ1) is 6.47. The second-order valence-electron chi connectivity index (χ2n) is 4.28. The van der Waals surface area contributed by atoms with E-state index >= 15 is 0 Å². The lowest BCUT2D eigenvalue weighted by atomic mass is 10.0. The second kappa shape index (κ2) is 6.63. The molecule has 0 aliphatic carbocycles. The maximum Gasteiger partial charge on any atom is 0.159 e. The van der Waals surface area contributed by atoms with E-state index in [1.165, 1.54) is 6.08 Å². The van der Waals surface area contributed by atoms with Crippen LogP contribution in [-0.2, 0) is 4.79 Å². The molecule has 0 saturated heterocycles. The van der Waals surface area contributed by atoms with E-state index < -0.39 is 0 Å². The minimum atomic E-state index is 0.0384. The minimum Gasteiger partial charge on any atom is -0.512 e. The van der Waals surface area contributed by atoms with Crippen molar-refractivity contribution in [3.63, 3.8) is 0 Å². The first kappa shape index (κ1) is 13.2. The maximum absolute atomic E-state index is 11.3. The molecule has 0 aliphatic heterocycles. The number of aliphatic hydroxyl groups excluding tert-OH is 1. The van der Waals surface area contributed by atoms with Gasteiger partial charge in [-0.25, -0.2) is 0 Å². The zero-order valence-corrected chi connectivity index (χ0v) is 9.71. The molecule has 0 aromatic heterocycles. The SMILES string of the molecule is CCC(C)C(O)=CC(=O)CCC(C)C. The van der Waals surface area contributed by atoms with Crippen LogP contribution in [0.5, 0.6) is 0 Å². The molecule has 0 aromatic rings. The van der Waals surface area contributed by atoms with Gasteiger partial charge in [-0.1, -0.05) is 27.7 Å². The van der Waals surface area contributed by atoms with Gasteiger partial charge >= 0.3 is 0 Å². The Morgan fingerprint density at radius 3 is 2.36 bits per heavy atom. The van der Waals surface area contributed by atoms with Gasteiger partial charge in [-0.05, 0) is 18.8 Å². The van der Waals surface area contributed by atoms with Crippen molar-refractivity contribution in [3.05, 3.63) is 11.8 Å². The van der Waals surface area contributed by atoms with E-state index in [0.717, 1.165) is 12.8 Å². The predicted octanol–water partition coefficient (Wildman–Crippen LogP) is 3.48. The quantitative estimate of drug-likeness (QED) is 0.524. The molecule has 0 aliphatic rings. The van der Waals surface area contributed by atoms with Crippen LogP contribution in [0, 0.1) is 11.8 Å². The molecule has 1 unspecified atom stereocenters. The topological polar surface area (TPSA) is 37.3 Å². The molecule has 0 radical (unpaired) electrons. The summed E-state index contributed by atoms with van der Waals surface area (Å²) in [6.07, 6.45) is 3.68. The summed E-state index contributed by atoms with van der Waals surface area (Å²) < 4.78 is 0. The van der Waals surface area contributed by atoms with E-state index in [1.807, 2.05) is 13.8 Å². The molecule has 82 valence electrons. The van der Waals surface area contributed by atoms with Crippen molar-refractivity contribution in [2.45, 2.75) is 47.0 Å². The smallest absolute Gasteiger partial charge is 0.159 e. The first-order valence-electron chi connectivity index (χ1n) is 5.40. The van der Waals surface area contributed by atoms with Gasteiger partial charge in [0.15, 0.2) is 5.78 Å². The number of rotatable bonds is 6.